The number of anilines is 1. The summed E-state index contributed by atoms with van der Waals surface area (Å²) in [5.74, 6) is 0.200. The van der Waals surface area contributed by atoms with Crippen LogP contribution in [0.2, 0.25) is 0 Å². The number of rotatable bonds is 3. The van der Waals surface area contributed by atoms with Gasteiger partial charge in [0.15, 0.2) is 11.6 Å². The molecule has 0 aliphatic heterocycles. The molecule has 2 rings (SSSR count). The van der Waals surface area contributed by atoms with Crippen LogP contribution in [-0.2, 0) is 0 Å². The van der Waals surface area contributed by atoms with Crippen molar-refractivity contribution >= 4 is 11.8 Å². The molecule has 0 fully saturated rings. The maximum Gasteiger partial charge on any atom is 0.287 e. The highest BCUT2D eigenvalue weighted by atomic mass is 16.4. The van der Waals surface area contributed by atoms with E-state index in [0.717, 1.165) is 5.56 Å². The van der Waals surface area contributed by atoms with Crippen LogP contribution in [0, 0.1) is 0 Å². The molecular weight excluding hydrogens is 216 g/mol. The molecule has 0 aliphatic carbocycles. The van der Waals surface area contributed by atoms with Gasteiger partial charge in [-0.15, -0.1) is 0 Å². The number of carbonyl (C=O) groups is 1. The van der Waals surface area contributed by atoms with Crippen molar-refractivity contribution in [3.8, 4) is 0 Å². The Morgan fingerprint density at radius 1 is 1.24 bits per heavy atom. The smallest absolute Gasteiger partial charge is 0.287 e. The second-order valence-electron chi connectivity index (χ2n) is 3.81. The number of benzene rings is 1. The number of amides is 1. The van der Waals surface area contributed by atoms with Crippen molar-refractivity contribution in [3.05, 3.63) is 53.8 Å². The van der Waals surface area contributed by atoms with Gasteiger partial charge in [0.1, 0.15) is 0 Å². The summed E-state index contributed by atoms with van der Waals surface area (Å²) in [5.41, 5.74) is 6.45. The Morgan fingerprint density at radius 3 is 2.53 bits per heavy atom. The highest BCUT2D eigenvalue weighted by Crippen LogP contribution is 2.14. The lowest BCUT2D eigenvalue weighted by Crippen LogP contribution is -2.26. The summed E-state index contributed by atoms with van der Waals surface area (Å²) in [6.45, 7) is 1.92. The van der Waals surface area contributed by atoms with E-state index in [4.69, 9.17) is 10.2 Å². The zero-order valence-electron chi connectivity index (χ0n) is 9.51. The number of nitrogen functional groups attached to an aromatic ring is 1. The van der Waals surface area contributed by atoms with Crippen LogP contribution in [0.4, 0.5) is 5.88 Å². The van der Waals surface area contributed by atoms with Crippen LogP contribution in [0.1, 0.15) is 29.1 Å². The van der Waals surface area contributed by atoms with E-state index in [0.29, 0.717) is 0 Å². The molecule has 0 spiro atoms. The first-order valence-corrected chi connectivity index (χ1v) is 5.38. The van der Waals surface area contributed by atoms with Crippen molar-refractivity contribution in [2.75, 3.05) is 5.73 Å². The Kier molecular flexibility index (Phi) is 3.14. The van der Waals surface area contributed by atoms with Gasteiger partial charge in [0.05, 0.1) is 6.04 Å². The van der Waals surface area contributed by atoms with Gasteiger partial charge in [0, 0.05) is 6.07 Å². The quantitative estimate of drug-likeness (QED) is 0.850. The molecule has 2 aromatic rings. The SMILES string of the molecule is CC(NC(=O)c1ccc(N)o1)c1ccccc1. The van der Waals surface area contributed by atoms with E-state index in [2.05, 4.69) is 5.32 Å². The Balaban J connectivity index is 2.04. The average Bonchev–Trinajstić information content (AvgIpc) is 2.77. The van der Waals surface area contributed by atoms with Crippen LogP contribution < -0.4 is 11.1 Å². The highest BCUT2D eigenvalue weighted by molar-refractivity contribution is 5.92. The number of nitrogens with two attached hydrogens (primary N) is 1. The number of hydrogen-bond donors (Lipinski definition) is 2. The first kappa shape index (κ1) is 11.3. The topological polar surface area (TPSA) is 68.3 Å². The first-order valence-electron chi connectivity index (χ1n) is 5.38. The minimum atomic E-state index is -0.266. The average molecular weight is 230 g/mol. The second-order valence-corrected chi connectivity index (χ2v) is 3.81. The van der Waals surface area contributed by atoms with Crippen LogP contribution in [0.3, 0.4) is 0 Å². The fourth-order valence-corrected chi connectivity index (χ4v) is 1.57. The predicted octanol–water partition coefficient (Wildman–Crippen LogP) is 2.35. The van der Waals surface area contributed by atoms with E-state index < -0.39 is 0 Å². The molecule has 0 saturated heterocycles. The lowest BCUT2D eigenvalue weighted by atomic mass is 10.1. The van der Waals surface area contributed by atoms with Gasteiger partial charge in [0.25, 0.3) is 5.91 Å². The van der Waals surface area contributed by atoms with E-state index >= 15 is 0 Å². The zero-order chi connectivity index (χ0) is 12.3. The third-order valence-electron chi connectivity index (χ3n) is 2.50. The number of carbonyl (C=O) groups excluding carboxylic acids is 1. The normalized spacial score (nSPS) is 12.1. The van der Waals surface area contributed by atoms with Crippen LogP contribution in [-0.4, -0.2) is 5.91 Å². The van der Waals surface area contributed by atoms with E-state index in [1.807, 2.05) is 37.3 Å². The second kappa shape index (κ2) is 4.74. The largest absolute Gasteiger partial charge is 0.436 e. The Labute approximate surface area is 99.4 Å². The highest BCUT2D eigenvalue weighted by Gasteiger charge is 2.13. The van der Waals surface area contributed by atoms with E-state index in [1.54, 1.807) is 12.1 Å². The summed E-state index contributed by atoms with van der Waals surface area (Å²) in [4.78, 5) is 11.8. The Hall–Kier alpha value is -2.23. The third kappa shape index (κ3) is 2.66. The van der Waals surface area contributed by atoms with Gasteiger partial charge in [-0.25, -0.2) is 0 Å². The molecule has 4 heteroatoms. The van der Waals surface area contributed by atoms with Gasteiger partial charge < -0.3 is 15.5 Å². The summed E-state index contributed by atoms with van der Waals surface area (Å²) < 4.78 is 5.05. The van der Waals surface area contributed by atoms with E-state index in [9.17, 15) is 4.79 Å². The predicted molar refractivity (Wildman–Crippen MR) is 65.4 cm³/mol. The molecule has 1 atom stereocenters. The molecule has 1 amide bonds. The molecule has 0 aliphatic rings. The summed E-state index contributed by atoms with van der Waals surface area (Å²) in [5, 5.41) is 2.84. The lowest BCUT2D eigenvalue weighted by molar-refractivity contribution is 0.0913. The Bertz CT molecular complexity index is 505. The summed E-state index contributed by atoms with van der Waals surface area (Å²) >= 11 is 0. The van der Waals surface area contributed by atoms with Crippen LogP contribution >= 0.6 is 0 Å². The van der Waals surface area contributed by atoms with E-state index in [-0.39, 0.29) is 23.6 Å². The number of furan rings is 1. The molecule has 1 aromatic carbocycles. The van der Waals surface area contributed by atoms with Crippen molar-refractivity contribution in [3.63, 3.8) is 0 Å². The van der Waals surface area contributed by atoms with Crippen molar-refractivity contribution in [2.24, 2.45) is 0 Å². The molecule has 17 heavy (non-hydrogen) atoms. The van der Waals surface area contributed by atoms with Gasteiger partial charge in [0.2, 0.25) is 0 Å². The third-order valence-corrected chi connectivity index (χ3v) is 2.50. The molecule has 1 unspecified atom stereocenters. The number of hydrogen-bond acceptors (Lipinski definition) is 3. The van der Waals surface area contributed by atoms with Gasteiger partial charge in [-0.3, -0.25) is 4.79 Å². The van der Waals surface area contributed by atoms with Crippen molar-refractivity contribution in [1.82, 2.24) is 5.32 Å². The molecule has 4 nitrogen and oxygen atoms in total. The van der Waals surface area contributed by atoms with Crippen LogP contribution in [0.25, 0.3) is 0 Å². The van der Waals surface area contributed by atoms with E-state index in [1.165, 1.54) is 0 Å². The maximum absolute atomic E-state index is 11.8. The van der Waals surface area contributed by atoms with Crippen molar-refractivity contribution < 1.29 is 9.21 Å². The lowest BCUT2D eigenvalue weighted by Gasteiger charge is -2.12. The van der Waals surface area contributed by atoms with Crippen LogP contribution in [0.5, 0.6) is 0 Å². The number of nitrogens with one attached hydrogen (secondary N) is 1. The fraction of sp³-hybridized carbons (Fsp3) is 0.154. The van der Waals surface area contributed by atoms with Crippen molar-refractivity contribution in [2.45, 2.75) is 13.0 Å². The molecule has 1 heterocycles. The van der Waals surface area contributed by atoms with Crippen molar-refractivity contribution in [1.29, 1.82) is 0 Å². The van der Waals surface area contributed by atoms with Gasteiger partial charge >= 0.3 is 0 Å². The molecule has 0 bridgehead atoms. The molecule has 0 saturated carbocycles. The van der Waals surface area contributed by atoms with Crippen LogP contribution in [0.15, 0.2) is 46.9 Å². The molecule has 3 N–H and O–H groups in total. The standard InChI is InChI=1S/C13H14N2O2/c1-9(10-5-3-2-4-6-10)15-13(16)11-7-8-12(14)17-11/h2-9H,14H2,1H3,(H,15,16). The summed E-state index contributed by atoms with van der Waals surface area (Å²) in [6.07, 6.45) is 0. The monoisotopic (exact) mass is 230 g/mol. The van der Waals surface area contributed by atoms with Gasteiger partial charge in [-0.05, 0) is 18.6 Å². The van der Waals surface area contributed by atoms with Gasteiger partial charge in [-0.2, -0.15) is 0 Å². The zero-order valence-corrected chi connectivity index (χ0v) is 9.51. The minimum Gasteiger partial charge on any atom is -0.436 e. The Morgan fingerprint density at radius 2 is 1.94 bits per heavy atom. The maximum atomic E-state index is 11.8. The molecule has 88 valence electrons. The molecule has 0 radical (unpaired) electrons. The first-order chi connectivity index (χ1) is 8.16. The van der Waals surface area contributed by atoms with Gasteiger partial charge in [-0.1, -0.05) is 30.3 Å². The molecule has 1 aromatic heterocycles. The summed E-state index contributed by atoms with van der Waals surface area (Å²) in [6, 6.07) is 12.8. The molecular formula is C13H14N2O2. The fourth-order valence-electron chi connectivity index (χ4n) is 1.57. The minimum absolute atomic E-state index is 0.0741. The summed E-state index contributed by atoms with van der Waals surface area (Å²) in [7, 11) is 0.